The fraction of sp³-hybridized carbons (Fsp3) is 0.500. The van der Waals surface area contributed by atoms with E-state index in [0.717, 1.165) is 6.04 Å². The molecule has 2 aromatic rings. The van der Waals surface area contributed by atoms with Gasteiger partial charge in [-0.3, -0.25) is 4.79 Å². The molecule has 2 heterocycles. The number of carbonyl (C=O) groups is 1. The van der Waals surface area contributed by atoms with Crippen LogP contribution in [-0.2, 0) is 16.2 Å². The maximum Gasteiger partial charge on any atom is 0.343 e. The third-order valence-electron chi connectivity index (χ3n) is 3.38. The van der Waals surface area contributed by atoms with Crippen molar-refractivity contribution in [2.45, 2.75) is 32.4 Å². The summed E-state index contributed by atoms with van der Waals surface area (Å²) in [4.78, 5) is 30.5. The van der Waals surface area contributed by atoms with Gasteiger partial charge in [-0.1, -0.05) is 11.6 Å². The molecule has 0 radical (unpaired) electrons. The number of H-pyrrole nitrogens is 1. The van der Waals surface area contributed by atoms with Gasteiger partial charge in [-0.25, -0.2) is 9.78 Å². The first-order valence-corrected chi connectivity index (χ1v) is 11.3. The molecule has 0 aliphatic carbocycles. The van der Waals surface area contributed by atoms with Crippen LogP contribution in [0.3, 0.4) is 0 Å². The zero-order chi connectivity index (χ0) is 17.2. The maximum absolute atomic E-state index is 12.1. The number of aromatic amines is 1. The third kappa shape index (κ3) is 3.82. The van der Waals surface area contributed by atoms with Gasteiger partial charge in [0.25, 0.3) is 5.56 Å². The summed E-state index contributed by atoms with van der Waals surface area (Å²) in [5, 5.41) is 0.0871. The van der Waals surface area contributed by atoms with Crippen LogP contribution in [0.2, 0.25) is 30.8 Å². The molecule has 9 heteroatoms. The molecule has 0 bridgehead atoms. The Hall–Kier alpha value is -1.64. The first-order chi connectivity index (χ1) is 10.8. The summed E-state index contributed by atoms with van der Waals surface area (Å²) >= 11 is 6.26. The van der Waals surface area contributed by atoms with Gasteiger partial charge in [0, 0.05) is 6.61 Å². The maximum atomic E-state index is 12.1. The minimum Gasteiger partial charge on any atom is -0.465 e. The normalized spacial score (nSPS) is 11.9. The number of halogens is 1. The molecular formula is C14H20ClN3O4Si-. The highest BCUT2D eigenvalue weighted by atomic mass is 35.5. The third-order valence-corrected chi connectivity index (χ3v) is 5.48. The van der Waals surface area contributed by atoms with Gasteiger partial charge in [0.15, 0.2) is 0 Å². The lowest BCUT2D eigenvalue weighted by atomic mass is 10.3. The highest BCUT2D eigenvalue weighted by Gasteiger charge is 2.25. The van der Waals surface area contributed by atoms with E-state index < -0.39 is 14.0 Å². The van der Waals surface area contributed by atoms with E-state index in [1.807, 2.05) is 0 Å². The molecule has 0 saturated heterocycles. The fourth-order valence-electron chi connectivity index (χ4n) is 2.10. The number of fused-ring (bicyclic) bond motifs is 1. The second-order valence-electron chi connectivity index (χ2n) is 6.36. The SMILES string of the molecule is COC(=O)c1c(Cl)n(COCC[Si-](C)(C)C)c2c(=O)[nH]cnc12. The predicted octanol–water partition coefficient (Wildman–Crippen LogP) is 2.48. The largest absolute Gasteiger partial charge is 0.465 e. The van der Waals surface area contributed by atoms with Crippen LogP contribution in [0.1, 0.15) is 10.4 Å². The number of nitrogens with one attached hydrogen (secondary N) is 1. The quantitative estimate of drug-likeness (QED) is 0.487. The Morgan fingerprint density at radius 3 is 2.74 bits per heavy atom. The van der Waals surface area contributed by atoms with Crippen LogP contribution in [0.25, 0.3) is 11.0 Å². The standard InChI is InChI=1S/C14H20ClN3O4Si/c1-21-14(20)9-10-11(13(19)17-7-16-10)18(12(9)15)8-22-5-6-23(2,3)4/h7H,5-6,8H2,1-4H3,(H,16,17,19)/q-1. The van der Waals surface area contributed by atoms with E-state index in [2.05, 4.69) is 29.6 Å². The topological polar surface area (TPSA) is 86.2 Å². The Morgan fingerprint density at radius 1 is 1.43 bits per heavy atom. The number of esters is 1. The van der Waals surface area contributed by atoms with E-state index in [0.29, 0.717) is 6.61 Å². The lowest BCUT2D eigenvalue weighted by Gasteiger charge is -2.26. The second-order valence-corrected chi connectivity index (χ2v) is 12.3. The summed E-state index contributed by atoms with van der Waals surface area (Å²) in [5.41, 5.74) is 0.0928. The molecule has 1 N–H and O–H groups in total. The van der Waals surface area contributed by atoms with Crippen molar-refractivity contribution in [2.75, 3.05) is 13.7 Å². The molecule has 0 amide bonds. The van der Waals surface area contributed by atoms with Gasteiger partial charge >= 0.3 is 5.97 Å². The molecule has 0 unspecified atom stereocenters. The van der Waals surface area contributed by atoms with E-state index in [-0.39, 0.29) is 34.0 Å². The van der Waals surface area contributed by atoms with Gasteiger partial charge in [0.05, 0.1) is 13.4 Å². The molecule has 0 fully saturated rings. The van der Waals surface area contributed by atoms with Gasteiger partial charge in [-0.15, -0.1) is 14.1 Å². The van der Waals surface area contributed by atoms with E-state index in [4.69, 9.17) is 21.1 Å². The molecule has 0 aliphatic rings. The molecule has 0 aliphatic heterocycles. The van der Waals surface area contributed by atoms with Crippen molar-refractivity contribution in [3.05, 3.63) is 27.4 Å². The Balaban J connectivity index is 2.37. The molecule has 2 aromatic heterocycles. The molecule has 127 valence electrons. The van der Waals surface area contributed by atoms with Crippen molar-refractivity contribution in [3.8, 4) is 0 Å². The van der Waals surface area contributed by atoms with Gasteiger partial charge in [-0.05, 0) is 0 Å². The number of ether oxygens (including phenoxy) is 2. The summed E-state index contributed by atoms with van der Waals surface area (Å²) in [6.45, 7) is 7.39. The summed E-state index contributed by atoms with van der Waals surface area (Å²) in [6.07, 6.45) is 1.23. The van der Waals surface area contributed by atoms with Crippen LogP contribution in [0, 0.1) is 0 Å². The average Bonchev–Trinajstić information content (AvgIpc) is 2.75. The fourth-order valence-corrected chi connectivity index (χ4v) is 3.15. The number of carbonyl (C=O) groups excluding carboxylic acids is 1. The number of rotatable bonds is 6. The first kappa shape index (κ1) is 17.7. The zero-order valence-electron chi connectivity index (χ0n) is 13.6. The zero-order valence-corrected chi connectivity index (χ0v) is 15.4. The highest BCUT2D eigenvalue weighted by molar-refractivity contribution is 6.76. The lowest BCUT2D eigenvalue weighted by molar-refractivity contribution is 0.0601. The Bertz CT molecular complexity index is 779. The molecule has 2 rings (SSSR count). The summed E-state index contributed by atoms with van der Waals surface area (Å²) in [5.74, 6) is -0.640. The Labute approximate surface area is 139 Å². The Kier molecular flexibility index (Phi) is 5.28. The molecule has 23 heavy (non-hydrogen) atoms. The van der Waals surface area contributed by atoms with Gasteiger partial charge in [0.1, 0.15) is 28.5 Å². The van der Waals surface area contributed by atoms with Crippen LogP contribution in [0.15, 0.2) is 11.1 Å². The van der Waals surface area contributed by atoms with Crippen molar-refractivity contribution in [2.24, 2.45) is 0 Å². The van der Waals surface area contributed by atoms with Crippen LogP contribution >= 0.6 is 11.6 Å². The highest BCUT2D eigenvalue weighted by Crippen LogP contribution is 2.27. The van der Waals surface area contributed by atoms with Crippen molar-refractivity contribution < 1.29 is 14.3 Å². The number of hydrogen-bond donors (Lipinski definition) is 1. The van der Waals surface area contributed by atoms with Gasteiger partial charge in [-0.2, -0.15) is 19.6 Å². The van der Waals surface area contributed by atoms with Crippen LogP contribution < -0.4 is 5.56 Å². The van der Waals surface area contributed by atoms with Crippen LogP contribution in [0.5, 0.6) is 0 Å². The lowest BCUT2D eigenvalue weighted by Crippen LogP contribution is -2.22. The smallest absolute Gasteiger partial charge is 0.343 e. The van der Waals surface area contributed by atoms with Crippen molar-refractivity contribution in [1.82, 2.24) is 14.5 Å². The molecule has 7 nitrogen and oxygen atoms in total. The molecule has 0 saturated carbocycles. The number of hydrogen-bond acceptors (Lipinski definition) is 5. The average molecular weight is 358 g/mol. The van der Waals surface area contributed by atoms with E-state index in [9.17, 15) is 9.59 Å². The predicted molar refractivity (Wildman–Crippen MR) is 90.8 cm³/mol. The summed E-state index contributed by atoms with van der Waals surface area (Å²) in [7, 11) is 0.0358. The van der Waals surface area contributed by atoms with Crippen molar-refractivity contribution in [1.29, 1.82) is 0 Å². The molecular weight excluding hydrogens is 338 g/mol. The van der Waals surface area contributed by atoms with Crippen LogP contribution in [-0.4, -0.2) is 42.3 Å². The first-order valence-electron chi connectivity index (χ1n) is 7.17. The molecule has 0 spiro atoms. The number of aromatic nitrogens is 3. The number of nitrogens with zero attached hydrogens (tertiary/aromatic N) is 2. The summed E-state index contributed by atoms with van der Waals surface area (Å²) < 4.78 is 11.8. The van der Waals surface area contributed by atoms with E-state index in [1.54, 1.807) is 0 Å². The Morgan fingerprint density at radius 2 is 2.13 bits per heavy atom. The summed E-state index contributed by atoms with van der Waals surface area (Å²) in [6, 6.07) is 0.988. The number of methoxy groups -OCH3 is 1. The van der Waals surface area contributed by atoms with Crippen molar-refractivity contribution >= 4 is 36.7 Å². The van der Waals surface area contributed by atoms with E-state index >= 15 is 0 Å². The monoisotopic (exact) mass is 357 g/mol. The van der Waals surface area contributed by atoms with Crippen molar-refractivity contribution in [3.63, 3.8) is 0 Å². The van der Waals surface area contributed by atoms with Gasteiger partial charge < -0.3 is 19.0 Å². The second kappa shape index (κ2) is 6.86. The van der Waals surface area contributed by atoms with Gasteiger partial charge in [0.2, 0.25) is 0 Å². The minimum absolute atomic E-state index is 0.0732. The minimum atomic E-state index is -1.21. The molecule has 0 atom stereocenters. The molecule has 0 aromatic carbocycles. The van der Waals surface area contributed by atoms with Crippen LogP contribution in [0.4, 0.5) is 0 Å². The van der Waals surface area contributed by atoms with E-state index in [1.165, 1.54) is 18.0 Å².